The molecule has 8 nitrogen and oxygen atoms in total. The van der Waals surface area contributed by atoms with Gasteiger partial charge in [0.15, 0.2) is 17.0 Å². The molecule has 2 aromatic heterocycles. The third-order valence-corrected chi connectivity index (χ3v) is 5.15. The van der Waals surface area contributed by atoms with E-state index in [2.05, 4.69) is 20.3 Å². The molecule has 1 saturated carbocycles. The van der Waals surface area contributed by atoms with E-state index in [4.69, 9.17) is 0 Å². The van der Waals surface area contributed by atoms with Crippen LogP contribution in [0.5, 0.6) is 0 Å². The zero-order valence-corrected chi connectivity index (χ0v) is 14.7. The molecule has 3 aromatic rings. The van der Waals surface area contributed by atoms with Gasteiger partial charge >= 0.3 is 0 Å². The van der Waals surface area contributed by atoms with Gasteiger partial charge in [-0.2, -0.15) is 0 Å². The first-order chi connectivity index (χ1) is 13.7. The normalized spacial score (nSPS) is 23.0. The molecule has 144 valence electrons. The average Bonchev–Trinajstić information content (AvgIpc) is 3.13. The summed E-state index contributed by atoms with van der Waals surface area (Å²) in [5.41, 5.74) is 1.60. The van der Waals surface area contributed by atoms with Gasteiger partial charge in [0.25, 0.3) is 5.91 Å². The van der Waals surface area contributed by atoms with Crippen LogP contribution in [-0.4, -0.2) is 48.9 Å². The summed E-state index contributed by atoms with van der Waals surface area (Å²) in [5.74, 6) is -0.906. The number of carbonyl (C=O) groups is 1. The molecule has 1 aromatic carbocycles. The lowest BCUT2D eigenvalue weighted by molar-refractivity contribution is 0.0510. The first-order valence-corrected chi connectivity index (χ1v) is 8.75. The second-order valence-corrected chi connectivity index (χ2v) is 6.56. The van der Waals surface area contributed by atoms with Crippen LogP contribution in [0.2, 0.25) is 0 Å². The Morgan fingerprint density at radius 2 is 1.96 bits per heavy atom. The van der Waals surface area contributed by atoms with Crippen LogP contribution in [-0.2, 0) is 0 Å². The molecule has 0 unspecified atom stereocenters. The number of halogens is 1. The SMILES string of the molecule is O=C(Nc1ncnc2c1ncn2[C@@H]1/C(=C\F)[C@H](CO)[C@H]1CO)c1ccccc1. The van der Waals surface area contributed by atoms with Crippen LogP contribution < -0.4 is 5.32 Å². The lowest BCUT2D eigenvalue weighted by Crippen LogP contribution is -2.45. The van der Waals surface area contributed by atoms with E-state index in [1.54, 1.807) is 28.8 Å². The van der Waals surface area contributed by atoms with E-state index in [1.807, 2.05) is 6.07 Å². The summed E-state index contributed by atoms with van der Waals surface area (Å²) in [7, 11) is 0. The predicted molar refractivity (Wildman–Crippen MR) is 99.1 cm³/mol. The maximum Gasteiger partial charge on any atom is 0.256 e. The van der Waals surface area contributed by atoms with E-state index in [9.17, 15) is 19.4 Å². The number of hydrogen-bond acceptors (Lipinski definition) is 6. The minimum absolute atomic E-state index is 0.213. The van der Waals surface area contributed by atoms with E-state index in [0.29, 0.717) is 28.6 Å². The quantitative estimate of drug-likeness (QED) is 0.618. The molecular formula is C19H18FN5O3. The van der Waals surface area contributed by atoms with Crippen LogP contribution in [0, 0.1) is 11.8 Å². The second kappa shape index (κ2) is 7.45. The zero-order chi connectivity index (χ0) is 19.7. The van der Waals surface area contributed by atoms with E-state index < -0.39 is 12.0 Å². The highest BCUT2D eigenvalue weighted by molar-refractivity contribution is 6.06. The van der Waals surface area contributed by atoms with Gasteiger partial charge in [0.05, 0.1) is 25.3 Å². The number of aliphatic hydroxyl groups is 2. The van der Waals surface area contributed by atoms with Gasteiger partial charge in [0.2, 0.25) is 0 Å². The van der Waals surface area contributed by atoms with E-state index in [-0.39, 0.29) is 30.9 Å². The Labute approximate surface area is 159 Å². The molecule has 3 N–H and O–H groups in total. The van der Waals surface area contributed by atoms with Crippen LogP contribution in [0.4, 0.5) is 10.2 Å². The largest absolute Gasteiger partial charge is 0.396 e. The van der Waals surface area contributed by atoms with Gasteiger partial charge in [-0.1, -0.05) is 18.2 Å². The van der Waals surface area contributed by atoms with E-state index in [0.717, 1.165) is 0 Å². The second-order valence-electron chi connectivity index (χ2n) is 6.56. The minimum Gasteiger partial charge on any atom is -0.396 e. The summed E-state index contributed by atoms with van der Waals surface area (Å²) in [5, 5.41) is 21.8. The summed E-state index contributed by atoms with van der Waals surface area (Å²) in [4.78, 5) is 25.0. The maximum atomic E-state index is 13.4. The molecule has 0 saturated heterocycles. The number of rotatable bonds is 5. The van der Waals surface area contributed by atoms with Gasteiger partial charge in [-0.25, -0.2) is 19.3 Å². The Balaban J connectivity index is 1.69. The van der Waals surface area contributed by atoms with Crippen molar-refractivity contribution in [2.75, 3.05) is 18.5 Å². The maximum absolute atomic E-state index is 13.4. The van der Waals surface area contributed by atoms with Crippen molar-refractivity contribution in [3.05, 3.63) is 60.5 Å². The number of imidazole rings is 1. The first kappa shape index (κ1) is 18.2. The number of aromatic nitrogens is 4. The van der Waals surface area contributed by atoms with Gasteiger partial charge in [0.1, 0.15) is 6.33 Å². The first-order valence-electron chi connectivity index (χ1n) is 8.75. The summed E-state index contributed by atoms with van der Waals surface area (Å²) in [6.07, 6.45) is 3.22. The number of amides is 1. The number of nitrogens with zero attached hydrogens (tertiary/aromatic N) is 4. The standard InChI is InChI=1S/C19H18FN5O3/c20-6-12-13(7-26)14(8-27)16(12)25-10-23-15-17(21-9-22-18(15)25)24-19(28)11-4-2-1-3-5-11/h1-6,9-10,13-14,16,26-27H,7-8H2,(H,21,22,24,28)/b12-6-/t13-,14+,16+/m0/s1. The van der Waals surface area contributed by atoms with Gasteiger partial charge in [0, 0.05) is 24.0 Å². The Hall–Kier alpha value is -3.17. The van der Waals surface area contributed by atoms with E-state index >= 15 is 0 Å². The summed E-state index contributed by atoms with van der Waals surface area (Å²) in [6.45, 7) is -0.465. The highest BCUT2D eigenvalue weighted by Crippen LogP contribution is 2.49. The third-order valence-electron chi connectivity index (χ3n) is 5.15. The van der Waals surface area contributed by atoms with Crippen LogP contribution in [0.3, 0.4) is 0 Å². The molecule has 0 spiro atoms. The third kappa shape index (κ3) is 2.85. The van der Waals surface area contributed by atoms with Crippen molar-refractivity contribution in [2.45, 2.75) is 6.04 Å². The number of hydrogen-bond donors (Lipinski definition) is 3. The number of aliphatic hydroxyl groups excluding tert-OH is 2. The number of nitrogens with one attached hydrogen (secondary N) is 1. The molecule has 1 aliphatic carbocycles. The molecule has 9 heteroatoms. The molecular weight excluding hydrogens is 365 g/mol. The van der Waals surface area contributed by atoms with Crippen molar-refractivity contribution < 1.29 is 19.4 Å². The van der Waals surface area contributed by atoms with Gasteiger partial charge in [-0.3, -0.25) is 4.79 Å². The molecule has 1 aliphatic rings. The van der Waals surface area contributed by atoms with Crippen molar-refractivity contribution in [1.29, 1.82) is 0 Å². The fraction of sp³-hybridized carbons (Fsp3) is 0.263. The van der Waals surface area contributed by atoms with Gasteiger partial charge in [-0.15, -0.1) is 0 Å². The smallest absolute Gasteiger partial charge is 0.256 e. The predicted octanol–water partition coefficient (Wildman–Crippen LogP) is 1.70. The van der Waals surface area contributed by atoms with Crippen molar-refractivity contribution in [1.82, 2.24) is 19.5 Å². The molecule has 3 atom stereocenters. The summed E-state index contributed by atoms with van der Waals surface area (Å²) in [6, 6.07) is 8.18. The molecule has 0 bridgehead atoms. The Bertz CT molecular complexity index is 1040. The lowest BCUT2D eigenvalue weighted by Gasteiger charge is -2.45. The lowest BCUT2D eigenvalue weighted by atomic mass is 9.66. The highest BCUT2D eigenvalue weighted by atomic mass is 19.1. The Morgan fingerprint density at radius 1 is 1.18 bits per heavy atom. The molecule has 0 radical (unpaired) electrons. The van der Waals surface area contributed by atoms with Crippen molar-refractivity contribution >= 4 is 22.9 Å². The van der Waals surface area contributed by atoms with Crippen molar-refractivity contribution in [3.63, 3.8) is 0 Å². The van der Waals surface area contributed by atoms with Crippen LogP contribution in [0.25, 0.3) is 11.2 Å². The average molecular weight is 383 g/mol. The fourth-order valence-electron chi connectivity index (χ4n) is 3.71. The molecule has 1 amide bonds. The Morgan fingerprint density at radius 3 is 2.64 bits per heavy atom. The van der Waals surface area contributed by atoms with Gasteiger partial charge < -0.3 is 20.1 Å². The zero-order valence-electron chi connectivity index (χ0n) is 14.7. The molecule has 2 heterocycles. The molecule has 28 heavy (non-hydrogen) atoms. The molecule has 4 rings (SSSR count). The topological polar surface area (TPSA) is 113 Å². The molecule has 0 aliphatic heterocycles. The monoisotopic (exact) mass is 383 g/mol. The summed E-state index contributed by atoms with van der Waals surface area (Å²) < 4.78 is 15.0. The van der Waals surface area contributed by atoms with Crippen LogP contribution >= 0.6 is 0 Å². The van der Waals surface area contributed by atoms with Crippen LogP contribution in [0.15, 0.2) is 54.9 Å². The number of carbonyl (C=O) groups excluding carboxylic acids is 1. The van der Waals surface area contributed by atoms with Gasteiger partial charge in [-0.05, 0) is 17.7 Å². The number of anilines is 1. The highest BCUT2D eigenvalue weighted by Gasteiger charge is 2.47. The summed E-state index contributed by atoms with van der Waals surface area (Å²) >= 11 is 0. The van der Waals surface area contributed by atoms with E-state index in [1.165, 1.54) is 12.7 Å². The Kier molecular flexibility index (Phi) is 4.84. The number of fused-ring (bicyclic) bond motifs is 1. The fourth-order valence-corrected chi connectivity index (χ4v) is 3.71. The van der Waals surface area contributed by atoms with Crippen molar-refractivity contribution in [3.8, 4) is 0 Å². The van der Waals surface area contributed by atoms with Crippen LogP contribution in [0.1, 0.15) is 16.4 Å². The molecule has 1 fully saturated rings. The number of benzene rings is 1. The minimum atomic E-state index is -0.510. The van der Waals surface area contributed by atoms with Crippen molar-refractivity contribution in [2.24, 2.45) is 11.8 Å².